The molecule has 0 aromatic heterocycles. The van der Waals surface area contributed by atoms with E-state index in [1.807, 2.05) is 0 Å². The van der Waals surface area contributed by atoms with E-state index in [4.69, 9.17) is 21.4 Å². The maximum atomic E-state index is 12.3. The van der Waals surface area contributed by atoms with Crippen molar-refractivity contribution in [2.45, 2.75) is 44.7 Å². The van der Waals surface area contributed by atoms with Crippen LogP contribution in [0.3, 0.4) is 0 Å². The monoisotopic (exact) mass is 462 g/mol. The van der Waals surface area contributed by atoms with Crippen LogP contribution in [-0.2, 0) is 36.2 Å². The Morgan fingerprint density at radius 2 is 1.97 bits per heavy atom. The Morgan fingerprint density at radius 3 is 2.41 bits per heavy atom. The largest absolute Gasteiger partial charge is 2.00 e. The van der Waals surface area contributed by atoms with Crippen molar-refractivity contribution in [2.24, 2.45) is 11.5 Å². The number of unbranched alkanes of at least 4 members (excludes halogenated alkanes) is 1. The second kappa shape index (κ2) is 16.6. The Kier molecular flexibility index (Phi) is 16.5. The molecule has 0 saturated heterocycles. The third-order valence-corrected chi connectivity index (χ3v) is 3.37. The van der Waals surface area contributed by atoms with Crippen molar-refractivity contribution in [2.75, 3.05) is 19.8 Å². The number of amides is 2. The van der Waals surface area contributed by atoms with Gasteiger partial charge in [0.15, 0.2) is 0 Å². The summed E-state index contributed by atoms with van der Waals surface area (Å²) in [5.74, 6) is -3.55. The van der Waals surface area contributed by atoms with Crippen LogP contribution in [0, 0.1) is 0 Å². The topological polar surface area (TPSA) is 216 Å². The van der Waals surface area contributed by atoms with Gasteiger partial charge < -0.3 is 52.5 Å². The number of carbonyl (C=O) groups excluding carboxylic acids is 3. The molecule has 0 aromatic carbocycles. The van der Waals surface area contributed by atoms with Crippen LogP contribution in [0.15, 0.2) is 11.9 Å². The molecule has 1 aliphatic heterocycles. The van der Waals surface area contributed by atoms with Gasteiger partial charge in [-0.05, 0) is 38.0 Å². The Balaban J connectivity index is 0. The van der Waals surface area contributed by atoms with Crippen LogP contribution in [0.1, 0.15) is 32.6 Å². The Hall–Kier alpha value is -2.34. The van der Waals surface area contributed by atoms with Crippen molar-refractivity contribution in [1.82, 2.24) is 10.6 Å². The van der Waals surface area contributed by atoms with Gasteiger partial charge in [-0.1, -0.05) is 13.1 Å². The van der Waals surface area contributed by atoms with Gasteiger partial charge in [0.1, 0.15) is 0 Å². The molecule has 0 spiro atoms. The van der Waals surface area contributed by atoms with E-state index in [1.165, 1.54) is 0 Å². The van der Waals surface area contributed by atoms with Crippen LogP contribution in [0.4, 0.5) is 0 Å². The SMILES string of the molecule is CC(=O)O.NCCCC[C@H](NC(=O)[C@H](CC1=CNC[N-]1)[N-]C(=O)CN)C(=O)[O-].[Cu+2]. The molecule has 0 saturated carbocycles. The van der Waals surface area contributed by atoms with Crippen LogP contribution >= 0.6 is 0 Å². The zero-order valence-corrected chi connectivity index (χ0v) is 17.0. The van der Waals surface area contributed by atoms with E-state index >= 15 is 0 Å². The Bertz CT molecular complexity index is 570. The molecule has 0 bridgehead atoms. The molecule has 0 fully saturated rings. The molecule has 29 heavy (non-hydrogen) atoms. The predicted molar refractivity (Wildman–Crippen MR) is 98.4 cm³/mol. The molecular formula is C16H27CuN6O6-. The van der Waals surface area contributed by atoms with Gasteiger partial charge in [0.05, 0.1) is 17.9 Å². The Labute approximate surface area is 179 Å². The molecule has 0 aromatic rings. The van der Waals surface area contributed by atoms with Gasteiger partial charge in [0.25, 0.3) is 5.97 Å². The van der Waals surface area contributed by atoms with Crippen molar-refractivity contribution in [3.8, 4) is 0 Å². The van der Waals surface area contributed by atoms with E-state index in [0.29, 0.717) is 31.8 Å². The average Bonchev–Trinajstić information content (AvgIpc) is 3.12. The van der Waals surface area contributed by atoms with Gasteiger partial charge in [-0.15, -0.1) is 5.70 Å². The molecule has 2 atom stereocenters. The fourth-order valence-corrected chi connectivity index (χ4v) is 2.11. The minimum absolute atomic E-state index is 0. The Morgan fingerprint density at radius 1 is 1.34 bits per heavy atom. The summed E-state index contributed by atoms with van der Waals surface area (Å²) in [6.45, 7) is 1.56. The normalized spacial score (nSPS) is 13.7. The maximum absolute atomic E-state index is 12.3. The van der Waals surface area contributed by atoms with Crippen molar-refractivity contribution in [3.63, 3.8) is 0 Å². The van der Waals surface area contributed by atoms with Crippen molar-refractivity contribution >= 4 is 23.8 Å². The summed E-state index contributed by atoms with van der Waals surface area (Å²) in [4.78, 5) is 43.9. The van der Waals surface area contributed by atoms with E-state index in [9.17, 15) is 19.5 Å². The van der Waals surface area contributed by atoms with Gasteiger partial charge in [-0.3, -0.25) is 9.59 Å². The number of carboxylic acid groups (broad SMARTS) is 2. The van der Waals surface area contributed by atoms with Gasteiger partial charge in [0.2, 0.25) is 5.91 Å². The number of hydrogen-bond acceptors (Lipinski definition) is 8. The second-order valence-corrected chi connectivity index (χ2v) is 5.79. The number of carbonyl (C=O) groups is 4. The van der Waals surface area contributed by atoms with E-state index in [-0.39, 0.29) is 36.5 Å². The smallest absolute Gasteiger partial charge is 0.670 e. The number of carboxylic acids is 2. The first-order chi connectivity index (χ1) is 13.2. The molecular weight excluding hydrogens is 436 g/mol. The molecule has 7 N–H and O–H groups in total. The zero-order valence-electron chi connectivity index (χ0n) is 16.0. The molecule has 1 radical (unpaired) electrons. The molecule has 12 nitrogen and oxygen atoms in total. The first-order valence-corrected chi connectivity index (χ1v) is 8.65. The molecule has 1 heterocycles. The van der Waals surface area contributed by atoms with Crippen LogP contribution in [0.5, 0.6) is 0 Å². The fourth-order valence-electron chi connectivity index (χ4n) is 2.11. The van der Waals surface area contributed by atoms with E-state index in [2.05, 4.69) is 21.3 Å². The molecule has 0 unspecified atom stereocenters. The van der Waals surface area contributed by atoms with Crippen LogP contribution < -0.4 is 27.2 Å². The van der Waals surface area contributed by atoms with Crippen molar-refractivity contribution < 1.29 is 46.5 Å². The van der Waals surface area contributed by atoms with E-state index in [0.717, 1.165) is 6.92 Å². The summed E-state index contributed by atoms with van der Waals surface area (Å²) in [6.07, 6.45) is 3.05. The number of rotatable bonds is 11. The minimum atomic E-state index is -1.39. The standard InChI is InChI=1S/C14H25N6O4.C2H4O2.Cu/c15-4-2-1-3-10(14(23)24)20-13(22)11(19-12(21)6-16)5-9-7-17-8-18-9;1-2(3)4;/h7,10-11,17H,1-6,8,15-16H2,(H3,19,20,21,22,23,24);1H3,(H,3,4);/q-1;;+2/p-2/t10-,11-;;/m0../s1. The van der Waals surface area contributed by atoms with Gasteiger partial charge in [-0.25, -0.2) is 0 Å². The quantitative estimate of drug-likeness (QED) is 0.166. The van der Waals surface area contributed by atoms with Crippen LogP contribution in [-0.4, -0.2) is 60.7 Å². The molecule has 169 valence electrons. The summed E-state index contributed by atoms with van der Waals surface area (Å²) in [5, 5.41) is 31.6. The predicted octanol–water partition coefficient (Wildman–Crippen LogP) is -2.17. The van der Waals surface area contributed by atoms with Gasteiger partial charge >= 0.3 is 17.1 Å². The number of aliphatic carboxylic acids is 2. The number of nitrogens with zero attached hydrogens (tertiary/aromatic N) is 2. The third kappa shape index (κ3) is 14.3. The minimum Gasteiger partial charge on any atom is -0.670 e. The first-order valence-electron chi connectivity index (χ1n) is 8.65. The van der Waals surface area contributed by atoms with E-state index in [1.54, 1.807) is 6.20 Å². The molecule has 0 aliphatic carbocycles. The molecule has 1 aliphatic rings. The molecule has 13 heteroatoms. The number of nitrogens with one attached hydrogen (secondary N) is 2. The summed E-state index contributed by atoms with van der Waals surface area (Å²) >= 11 is 0. The van der Waals surface area contributed by atoms with Crippen molar-refractivity contribution in [1.29, 1.82) is 0 Å². The first kappa shape index (κ1) is 28.9. The van der Waals surface area contributed by atoms with Crippen LogP contribution in [0.2, 0.25) is 0 Å². The molecule has 1 rings (SSSR count). The van der Waals surface area contributed by atoms with Gasteiger partial charge in [0, 0.05) is 13.5 Å². The summed E-state index contributed by atoms with van der Waals surface area (Å²) in [5.41, 5.74) is 11.1. The maximum Gasteiger partial charge on any atom is 2.00 e. The van der Waals surface area contributed by atoms with E-state index < -0.39 is 35.8 Å². The van der Waals surface area contributed by atoms with Crippen LogP contribution in [0.25, 0.3) is 10.6 Å². The summed E-state index contributed by atoms with van der Waals surface area (Å²) in [6, 6.07) is -2.25. The number of nitrogens with two attached hydrogens (primary N) is 2. The summed E-state index contributed by atoms with van der Waals surface area (Å²) < 4.78 is 0. The van der Waals surface area contributed by atoms with Gasteiger partial charge in [-0.2, -0.15) is 0 Å². The second-order valence-electron chi connectivity index (χ2n) is 5.79. The zero-order chi connectivity index (χ0) is 21.5. The summed E-state index contributed by atoms with van der Waals surface area (Å²) in [7, 11) is 0. The molecule has 2 amide bonds. The number of hydrogen-bond donors (Lipinski definition) is 5. The third-order valence-electron chi connectivity index (χ3n) is 3.37. The average molecular weight is 463 g/mol. The van der Waals surface area contributed by atoms with Crippen molar-refractivity contribution in [3.05, 3.63) is 22.5 Å². The fraction of sp³-hybridized carbons (Fsp3) is 0.625.